The van der Waals surface area contributed by atoms with Gasteiger partial charge in [0.1, 0.15) is 0 Å². The Morgan fingerprint density at radius 2 is 1.72 bits per heavy atom. The largest absolute Gasteiger partial charge is 0.494 e. The van der Waals surface area contributed by atoms with Crippen LogP contribution in [0, 0.1) is 5.82 Å². The Kier molecular flexibility index (Phi) is 3.59. The number of hydrogen-bond donors (Lipinski definition) is 0. The second kappa shape index (κ2) is 4.51. The molecule has 0 radical (unpaired) electrons. The van der Waals surface area contributed by atoms with Gasteiger partial charge >= 0.3 is 12.1 Å². The van der Waals surface area contributed by atoms with Crippen molar-refractivity contribution in [2.75, 3.05) is 7.11 Å². The fraction of sp³-hybridized carbons (Fsp3) is 0.300. The molecule has 0 aliphatic rings. The van der Waals surface area contributed by atoms with Gasteiger partial charge in [-0.2, -0.15) is 22.0 Å². The van der Waals surface area contributed by atoms with Crippen molar-refractivity contribution < 1.29 is 35.9 Å². The van der Waals surface area contributed by atoms with Crippen LogP contribution < -0.4 is 4.74 Å². The predicted octanol–water partition coefficient (Wildman–Crippen LogP) is 3.21. The molecule has 0 saturated heterocycles. The number of carbonyl (C=O) groups excluding carboxylic acids is 1. The van der Waals surface area contributed by atoms with Crippen LogP contribution in [0.3, 0.4) is 0 Å². The summed E-state index contributed by atoms with van der Waals surface area (Å²) in [6.07, 6.45) is -6.08. The second-order valence-corrected chi connectivity index (χ2v) is 3.22. The molecule has 0 N–H and O–H groups in total. The van der Waals surface area contributed by atoms with Crippen molar-refractivity contribution in [1.82, 2.24) is 0 Å². The van der Waals surface area contributed by atoms with Crippen LogP contribution in [0.2, 0.25) is 0 Å². The Labute approximate surface area is 97.2 Å². The molecule has 8 heteroatoms. The summed E-state index contributed by atoms with van der Waals surface area (Å²) < 4.78 is 79.1. The van der Waals surface area contributed by atoms with Crippen molar-refractivity contribution in [3.8, 4) is 5.75 Å². The van der Waals surface area contributed by atoms with Gasteiger partial charge in [-0.15, -0.1) is 0 Å². The SMILES string of the molecule is COc1cccc(C(=O)C(F)(F)C(F)(F)F)c1F. The zero-order chi connectivity index (χ0) is 14.1. The number of ketones is 1. The van der Waals surface area contributed by atoms with Crippen molar-refractivity contribution in [3.63, 3.8) is 0 Å². The van der Waals surface area contributed by atoms with Crippen LogP contribution in [-0.4, -0.2) is 25.0 Å². The van der Waals surface area contributed by atoms with Crippen LogP contribution >= 0.6 is 0 Å². The molecule has 0 amide bonds. The number of ether oxygens (including phenoxy) is 1. The third-order valence-electron chi connectivity index (χ3n) is 2.07. The van der Waals surface area contributed by atoms with E-state index in [1.54, 1.807) is 0 Å². The van der Waals surface area contributed by atoms with Crippen molar-refractivity contribution in [3.05, 3.63) is 29.6 Å². The van der Waals surface area contributed by atoms with Gasteiger partial charge in [-0.3, -0.25) is 4.79 Å². The average molecular weight is 272 g/mol. The molecular weight excluding hydrogens is 266 g/mol. The summed E-state index contributed by atoms with van der Waals surface area (Å²) >= 11 is 0. The maximum absolute atomic E-state index is 13.4. The number of carbonyl (C=O) groups is 1. The average Bonchev–Trinajstić information content (AvgIpc) is 2.27. The van der Waals surface area contributed by atoms with Crippen molar-refractivity contribution in [2.45, 2.75) is 12.1 Å². The van der Waals surface area contributed by atoms with E-state index in [-0.39, 0.29) is 0 Å². The number of Topliss-reactive ketones (excluding diaryl/α,β-unsaturated/α-hetero) is 1. The van der Waals surface area contributed by atoms with Gasteiger partial charge in [0.05, 0.1) is 12.7 Å². The Balaban J connectivity index is 3.28. The highest BCUT2D eigenvalue weighted by Crippen LogP contribution is 2.39. The van der Waals surface area contributed by atoms with E-state index < -0.39 is 35.0 Å². The van der Waals surface area contributed by atoms with Crippen LogP contribution in [0.15, 0.2) is 18.2 Å². The third kappa shape index (κ3) is 2.27. The maximum Gasteiger partial charge on any atom is 0.461 e. The van der Waals surface area contributed by atoms with Crippen LogP contribution in [-0.2, 0) is 0 Å². The van der Waals surface area contributed by atoms with Crippen molar-refractivity contribution >= 4 is 5.78 Å². The minimum atomic E-state index is -6.08. The summed E-state index contributed by atoms with van der Waals surface area (Å²) in [6.45, 7) is 0. The summed E-state index contributed by atoms with van der Waals surface area (Å²) in [7, 11) is 0.981. The Morgan fingerprint density at radius 1 is 1.17 bits per heavy atom. The van der Waals surface area contributed by atoms with Gasteiger partial charge in [0.25, 0.3) is 0 Å². The number of rotatable bonds is 3. The normalized spacial score (nSPS) is 12.4. The summed E-state index contributed by atoms with van der Waals surface area (Å²) in [6, 6.07) is 2.44. The van der Waals surface area contributed by atoms with E-state index in [0.717, 1.165) is 19.2 Å². The first-order valence-corrected chi connectivity index (χ1v) is 4.44. The highest BCUT2D eigenvalue weighted by atomic mass is 19.4. The fourth-order valence-electron chi connectivity index (χ4n) is 1.14. The lowest BCUT2D eigenvalue weighted by Gasteiger charge is -2.18. The van der Waals surface area contributed by atoms with E-state index in [9.17, 15) is 31.1 Å². The topological polar surface area (TPSA) is 26.3 Å². The molecule has 100 valence electrons. The molecule has 0 saturated carbocycles. The number of alkyl halides is 5. The quantitative estimate of drug-likeness (QED) is 0.623. The first kappa shape index (κ1) is 14.3. The molecular formula is C10H6F6O2. The lowest BCUT2D eigenvalue weighted by Crippen LogP contribution is -2.44. The summed E-state index contributed by atoms with van der Waals surface area (Å²) in [5, 5.41) is 0. The standard InChI is InChI=1S/C10H6F6O2/c1-18-6-4-2-3-5(7(6)11)8(17)9(12,13)10(14,15)16/h2-4H,1H3. The molecule has 0 aliphatic heterocycles. The van der Waals surface area contributed by atoms with E-state index in [1.807, 2.05) is 0 Å². The Bertz CT molecular complexity index is 466. The van der Waals surface area contributed by atoms with Gasteiger partial charge in [-0.05, 0) is 12.1 Å². The zero-order valence-electron chi connectivity index (χ0n) is 8.82. The zero-order valence-corrected chi connectivity index (χ0v) is 8.82. The number of halogens is 6. The number of methoxy groups -OCH3 is 1. The molecule has 0 heterocycles. The summed E-state index contributed by atoms with van der Waals surface area (Å²) in [5.41, 5.74) is -1.38. The Hall–Kier alpha value is -1.73. The molecule has 1 aromatic rings. The third-order valence-corrected chi connectivity index (χ3v) is 2.07. The monoisotopic (exact) mass is 272 g/mol. The van der Waals surface area contributed by atoms with Gasteiger partial charge in [0.2, 0.25) is 5.78 Å². The molecule has 0 fully saturated rings. The minimum absolute atomic E-state index is 0.528. The highest BCUT2D eigenvalue weighted by molar-refractivity contribution is 6.02. The first-order valence-electron chi connectivity index (χ1n) is 4.44. The van der Waals surface area contributed by atoms with Gasteiger partial charge in [-0.1, -0.05) is 6.07 Å². The fourth-order valence-corrected chi connectivity index (χ4v) is 1.14. The van der Waals surface area contributed by atoms with Gasteiger partial charge in [0, 0.05) is 0 Å². The smallest absolute Gasteiger partial charge is 0.461 e. The highest BCUT2D eigenvalue weighted by Gasteiger charge is 2.63. The minimum Gasteiger partial charge on any atom is -0.494 e. The molecule has 0 atom stereocenters. The summed E-state index contributed by atoms with van der Waals surface area (Å²) in [5.74, 6) is -10.5. The molecule has 1 aromatic carbocycles. The molecule has 0 aromatic heterocycles. The van der Waals surface area contributed by atoms with Crippen LogP contribution in [0.4, 0.5) is 26.3 Å². The predicted molar refractivity (Wildman–Crippen MR) is 48.3 cm³/mol. The van der Waals surface area contributed by atoms with Gasteiger partial charge in [0.15, 0.2) is 11.6 Å². The molecule has 0 unspecified atom stereocenters. The number of hydrogen-bond acceptors (Lipinski definition) is 2. The van der Waals surface area contributed by atoms with Crippen molar-refractivity contribution in [2.24, 2.45) is 0 Å². The molecule has 0 aliphatic carbocycles. The molecule has 2 nitrogen and oxygen atoms in total. The van der Waals surface area contributed by atoms with Gasteiger partial charge < -0.3 is 4.74 Å². The van der Waals surface area contributed by atoms with Gasteiger partial charge in [-0.25, -0.2) is 4.39 Å². The van der Waals surface area contributed by atoms with E-state index in [0.29, 0.717) is 6.07 Å². The molecule has 0 spiro atoms. The summed E-state index contributed by atoms with van der Waals surface area (Å²) in [4.78, 5) is 11.0. The lowest BCUT2D eigenvalue weighted by atomic mass is 10.0. The van der Waals surface area contributed by atoms with E-state index >= 15 is 0 Å². The first-order chi connectivity index (χ1) is 8.13. The lowest BCUT2D eigenvalue weighted by molar-refractivity contribution is -0.255. The molecule has 0 bridgehead atoms. The van der Waals surface area contributed by atoms with E-state index in [2.05, 4.69) is 4.74 Å². The van der Waals surface area contributed by atoms with Crippen LogP contribution in [0.25, 0.3) is 0 Å². The van der Waals surface area contributed by atoms with E-state index in [1.165, 1.54) is 0 Å². The van der Waals surface area contributed by atoms with Crippen LogP contribution in [0.1, 0.15) is 10.4 Å². The second-order valence-electron chi connectivity index (χ2n) is 3.22. The van der Waals surface area contributed by atoms with Crippen LogP contribution in [0.5, 0.6) is 5.75 Å². The van der Waals surface area contributed by atoms with E-state index in [4.69, 9.17) is 0 Å². The number of benzene rings is 1. The maximum atomic E-state index is 13.4. The molecule has 1 rings (SSSR count). The Morgan fingerprint density at radius 3 is 2.17 bits per heavy atom. The molecule has 18 heavy (non-hydrogen) atoms. The van der Waals surface area contributed by atoms with Crippen molar-refractivity contribution in [1.29, 1.82) is 0 Å².